The lowest BCUT2D eigenvalue weighted by Gasteiger charge is -2.62. The maximum absolute atomic E-state index is 13.6. The number of nitrogens with one attached hydrogen (secondary N) is 1. The molecule has 1 aromatic rings. The first-order chi connectivity index (χ1) is 20.0. The average Bonchev–Trinajstić information content (AvgIpc) is 3.69. The molecule has 0 aromatic heterocycles. The zero-order valence-electron chi connectivity index (χ0n) is 24.0. The van der Waals surface area contributed by atoms with Crippen molar-refractivity contribution in [2.24, 2.45) is 17.3 Å². The summed E-state index contributed by atoms with van der Waals surface area (Å²) < 4.78 is 58.2. The van der Waals surface area contributed by atoms with Gasteiger partial charge in [0.15, 0.2) is 11.5 Å². The Morgan fingerprint density at radius 3 is 2.67 bits per heavy atom. The second-order valence-corrected chi connectivity index (χ2v) is 13.3. The SMILES string of the molecule is COC1(NC(=O)C(=Cc2ccccc2)OC(F)(F)F)C=C(O)C2=C3C1O[C@H]1CCC[C@H]4[C@@H](C2)[N+](C)(CC2CC2)CC[C@]314. The molecule has 7 rings (SSSR count). The molecule has 3 unspecified atom stereocenters. The molecular formula is C32H38F3N2O5+. The smallest absolute Gasteiger partial charge is 0.508 e. The molecule has 1 aromatic carbocycles. The van der Waals surface area contributed by atoms with Crippen molar-refractivity contribution in [1.82, 2.24) is 5.32 Å². The van der Waals surface area contributed by atoms with Gasteiger partial charge in [0.25, 0.3) is 5.91 Å². The van der Waals surface area contributed by atoms with Crippen molar-refractivity contribution in [3.8, 4) is 0 Å². The highest BCUT2D eigenvalue weighted by Gasteiger charge is 2.72. The summed E-state index contributed by atoms with van der Waals surface area (Å²) in [5, 5.41) is 14.2. The molecule has 1 spiro atoms. The minimum atomic E-state index is -5.09. The largest absolute Gasteiger partial charge is 0.573 e. The van der Waals surface area contributed by atoms with Crippen LogP contribution in [0.4, 0.5) is 13.2 Å². The molecule has 2 saturated carbocycles. The number of likely N-dealkylation sites (tertiary alicyclic amines) is 1. The summed E-state index contributed by atoms with van der Waals surface area (Å²) in [6.45, 7) is 2.17. The molecule has 2 N–H and O–H groups in total. The van der Waals surface area contributed by atoms with Crippen LogP contribution < -0.4 is 5.32 Å². The van der Waals surface area contributed by atoms with Crippen LogP contribution in [0.1, 0.15) is 50.5 Å². The summed E-state index contributed by atoms with van der Waals surface area (Å²) in [6.07, 6.45) is 3.65. The number of hydrogen-bond donors (Lipinski definition) is 2. The Morgan fingerprint density at radius 2 is 1.98 bits per heavy atom. The number of hydrogen-bond acceptors (Lipinski definition) is 5. The number of halogens is 3. The third-order valence-corrected chi connectivity index (χ3v) is 10.9. The van der Waals surface area contributed by atoms with Crippen LogP contribution in [0.15, 0.2) is 59.1 Å². The molecule has 226 valence electrons. The van der Waals surface area contributed by atoms with Gasteiger partial charge >= 0.3 is 6.36 Å². The zero-order chi connectivity index (χ0) is 29.5. The monoisotopic (exact) mass is 587 g/mol. The number of carbonyl (C=O) groups excluding carboxylic acids is 1. The summed E-state index contributed by atoms with van der Waals surface area (Å²) in [7, 11) is 3.75. The normalized spacial score (nSPS) is 39.0. The Kier molecular flexibility index (Phi) is 6.39. The number of methoxy groups -OCH3 is 1. The number of aliphatic hydroxyl groups is 1. The van der Waals surface area contributed by atoms with Crippen LogP contribution in [0.3, 0.4) is 0 Å². The fourth-order valence-electron chi connectivity index (χ4n) is 9.06. The van der Waals surface area contributed by atoms with Crippen LogP contribution >= 0.6 is 0 Å². The highest BCUT2D eigenvalue weighted by atomic mass is 19.4. The maximum Gasteiger partial charge on any atom is 0.573 e. The summed E-state index contributed by atoms with van der Waals surface area (Å²) in [4.78, 5) is 13.6. The fraction of sp³-hybridized carbons (Fsp3) is 0.594. The van der Waals surface area contributed by atoms with Gasteiger partial charge in [0.05, 0.1) is 32.3 Å². The van der Waals surface area contributed by atoms with E-state index in [9.17, 15) is 23.1 Å². The third kappa shape index (κ3) is 4.32. The van der Waals surface area contributed by atoms with Gasteiger partial charge in [-0.25, -0.2) is 0 Å². The first kappa shape index (κ1) is 28.0. The van der Waals surface area contributed by atoms with Gasteiger partial charge in [0, 0.05) is 48.9 Å². The number of aliphatic hydroxyl groups excluding tert-OH is 1. The number of carbonyl (C=O) groups is 1. The summed E-state index contributed by atoms with van der Waals surface area (Å²) in [5.41, 5.74) is 0.197. The molecule has 42 heavy (non-hydrogen) atoms. The molecule has 0 radical (unpaired) electrons. The van der Waals surface area contributed by atoms with E-state index in [1.54, 1.807) is 30.3 Å². The topological polar surface area (TPSA) is 77.0 Å². The lowest BCUT2D eigenvalue weighted by atomic mass is 9.50. The molecule has 10 heteroatoms. The van der Waals surface area contributed by atoms with E-state index in [1.165, 1.54) is 26.0 Å². The fourth-order valence-corrected chi connectivity index (χ4v) is 9.06. The van der Waals surface area contributed by atoms with E-state index < -0.39 is 29.9 Å². The molecule has 7 nitrogen and oxygen atoms in total. The highest BCUT2D eigenvalue weighted by molar-refractivity contribution is 5.96. The van der Waals surface area contributed by atoms with Crippen molar-refractivity contribution in [2.45, 2.75) is 75.3 Å². The van der Waals surface area contributed by atoms with Gasteiger partial charge in [-0.15, -0.1) is 13.2 Å². The number of allylic oxidation sites excluding steroid dienone is 1. The van der Waals surface area contributed by atoms with Crippen molar-refractivity contribution < 1.29 is 41.8 Å². The van der Waals surface area contributed by atoms with Crippen LogP contribution in [0.5, 0.6) is 0 Å². The van der Waals surface area contributed by atoms with Gasteiger partial charge in [-0.2, -0.15) is 0 Å². The second kappa shape index (κ2) is 9.59. The summed E-state index contributed by atoms with van der Waals surface area (Å²) >= 11 is 0. The second-order valence-electron chi connectivity index (χ2n) is 13.3. The minimum absolute atomic E-state index is 0.00579. The lowest BCUT2D eigenvalue weighted by Crippen LogP contribution is -2.69. The summed E-state index contributed by atoms with van der Waals surface area (Å²) in [6, 6.07) is 8.54. The minimum Gasteiger partial charge on any atom is -0.508 e. The first-order valence-corrected chi connectivity index (χ1v) is 15.0. The van der Waals surface area contributed by atoms with Crippen LogP contribution in [0.2, 0.25) is 0 Å². The predicted molar refractivity (Wildman–Crippen MR) is 147 cm³/mol. The number of rotatable bonds is 7. The number of quaternary nitrogens is 1. The molecule has 2 bridgehead atoms. The van der Waals surface area contributed by atoms with Crippen LogP contribution in [0, 0.1) is 17.3 Å². The summed E-state index contributed by atoms with van der Waals surface area (Å²) in [5.74, 6) is -0.902. The number of ether oxygens (including phenoxy) is 3. The van der Waals surface area contributed by atoms with E-state index in [0.717, 1.165) is 66.4 Å². The Balaban J connectivity index is 1.27. The van der Waals surface area contributed by atoms with Gasteiger partial charge in [0.1, 0.15) is 11.9 Å². The van der Waals surface area contributed by atoms with Crippen LogP contribution in [-0.4, -0.2) is 73.1 Å². The molecule has 1 amide bonds. The van der Waals surface area contributed by atoms with Crippen molar-refractivity contribution in [3.05, 3.63) is 64.6 Å². The predicted octanol–water partition coefficient (Wildman–Crippen LogP) is 5.36. The van der Waals surface area contributed by atoms with E-state index in [-0.39, 0.29) is 17.3 Å². The Hall–Kier alpha value is -2.82. The zero-order valence-corrected chi connectivity index (χ0v) is 24.0. The van der Waals surface area contributed by atoms with Gasteiger partial charge in [-0.1, -0.05) is 36.8 Å². The average molecular weight is 588 g/mol. The van der Waals surface area contributed by atoms with Gasteiger partial charge in [-0.05, 0) is 42.9 Å². The Labute approximate surface area is 243 Å². The van der Waals surface area contributed by atoms with E-state index in [2.05, 4.69) is 17.1 Å². The standard InChI is InChI=1S/C32H37F3N2O5/c1-37(18-20-11-12-20)14-13-30-22-9-6-10-26(30)41-28-27(30)21(16-23(22)37)24(38)17-31(28,40-2)36-29(39)25(42-32(33,34)35)15-19-7-4-3-5-8-19/h3-5,7-8,15,17,20,22-23,26,28H,6,9-14,16,18H2,1-2H3,(H-,36,38,39)/p+1/t22-,23+,26-,28?,30+,31?,37?/m0/s1. The highest BCUT2D eigenvalue weighted by Crippen LogP contribution is 2.68. The van der Waals surface area contributed by atoms with E-state index in [1.807, 2.05) is 0 Å². The van der Waals surface area contributed by atoms with E-state index in [0.29, 0.717) is 23.9 Å². The van der Waals surface area contributed by atoms with Crippen molar-refractivity contribution in [3.63, 3.8) is 0 Å². The molecule has 4 aliphatic carbocycles. The molecule has 2 heterocycles. The molecule has 6 aliphatic rings. The Morgan fingerprint density at radius 1 is 1.21 bits per heavy atom. The number of nitrogens with zero attached hydrogens (tertiary/aromatic N) is 1. The molecule has 2 saturated heterocycles. The third-order valence-electron chi connectivity index (χ3n) is 10.9. The van der Waals surface area contributed by atoms with Crippen LogP contribution in [0.25, 0.3) is 6.08 Å². The van der Waals surface area contributed by atoms with Crippen molar-refractivity contribution in [2.75, 3.05) is 27.2 Å². The number of piperidine rings is 1. The quantitative estimate of drug-likeness (QED) is 0.194. The van der Waals surface area contributed by atoms with Gasteiger partial charge < -0.3 is 29.1 Å². The van der Waals surface area contributed by atoms with Gasteiger partial charge in [0.2, 0.25) is 0 Å². The number of benzene rings is 1. The molecule has 2 aliphatic heterocycles. The van der Waals surface area contributed by atoms with Gasteiger partial charge in [-0.3, -0.25) is 4.79 Å². The molecule has 4 fully saturated rings. The molecular weight excluding hydrogens is 549 g/mol. The maximum atomic E-state index is 13.6. The van der Waals surface area contributed by atoms with E-state index >= 15 is 0 Å². The van der Waals surface area contributed by atoms with Crippen LogP contribution in [-0.2, 0) is 19.0 Å². The number of amides is 1. The Bertz CT molecular complexity index is 1370. The van der Waals surface area contributed by atoms with E-state index in [4.69, 9.17) is 9.47 Å². The molecule has 7 atom stereocenters. The van der Waals surface area contributed by atoms with Crippen molar-refractivity contribution >= 4 is 12.0 Å². The lowest BCUT2D eigenvalue weighted by molar-refractivity contribution is -0.947. The van der Waals surface area contributed by atoms with Crippen molar-refractivity contribution in [1.29, 1.82) is 0 Å². The number of alkyl halides is 3. The first-order valence-electron chi connectivity index (χ1n) is 15.0.